The van der Waals surface area contributed by atoms with Gasteiger partial charge in [0, 0.05) is 28.7 Å². The Bertz CT molecular complexity index is 792. The highest BCUT2D eigenvalue weighted by Crippen LogP contribution is 2.24. The average molecular weight is 378 g/mol. The third-order valence-corrected chi connectivity index (χ3v) is 5.34. The quantitative estimate of drug-likeness (QED) is 0.817. The number of aromatic nitrogens is 1. The third kappa shape index (κ3) is 3.85. The van der Waals surface area contributed by atoms with E-state index in [1.54, 1.807) is 27.3 Å². The summed E-state index contributed by atoms with van der Waals surface area (Å²) in [6.07, 6.45) is 1.86. The molecule has 25 heavy (non-hydrogen) atoms. The third-order valence-electron chi connectivity index (χ3n) is 4.20. The maximum absolute atomic E-state index is 12.7. The van der Waals surface area contributed by atoms with E-state index in [1.165, 1.54) is 11.3 Å². The van der Waals surface area contributed by atoms with E-state index in [1.807, 2.05) is 19.1 Å². The summed E-state index contributed by atoms with van der Waals surface area (Å²) in [5.41, 5.74) is 1.19. The van der Waals surface area contributed by atoms with E-state index in [0.717, 1.165) is 23.5 Å². The Hall–Kier alpha value is -1.92. The number of nitrogens with zero attached hydrogens (tertiary/aromatic N) is 3. The molecule has 5 nitrogen and oxygen atoms in total. The minimum Gasteiger partial charge on any atom is -0.323 e. The van der Waals surface area contributed by atoms with Crippen molar-refractivity contribution in [3.05, 3.63) is 45.4 Å². The number of carbonyl (C=O) groups is 2. The van der Waals surface area contributed by atoms with Crippen LogP contribution in [-0.4, -0.2) is 40.8 Å². The molecule has 132 valence electrons. The highest BCUT2D eigenvalue weighted by atomic mass is 35.5. The molecule has 0 bridgehead atoms. The molecule has 1 unspecified atom stereocenters. The molecule has 2 amide bonds. The molecule has 7 heteroatoms. The van der Waals surface area contributed by atoms with Crippen molar-refractivity contribution in [2.75, 3.05) is 18.0 Å². The number of hydrogen-bond donors (Lipinski definition) is 0. The van der Waals surface area contributed by atoms with E-state index in [4.69, 9.17) is 11.6 Å². The molecule has 1 aromatic heterocycles. The maximum atomic E-state index is 12.7. The van der Waals surface area contributed by atoms with Crippen molar-refractivity contribution < 1.29 is 9.59 Å². The molecule has 1 atom stereocenters. The molecule has 1 fully saturated rings. The first-order valence-electron chi connectivity index (χ1n) is 8.31. The minimum absolute atomic E-state index is 0.0488. The molecule has 3 rings (SSSR count). The van der Waals surface area contributed by atoms with Gasteiger partial charge in [0.2, 0.25) is 5.91 Å². The van der Waals surface area contributed by atoms with Gasteiger partial charge in [-0.15, -0.1) is 11.3 Å². The normalized spacial score (nSPS) is 17.9. The summed E-state index contributed by atoms with van der Waals surface area (Å²) in [6, 6.07) is 7.11. The maximum Gasteiger partial charge on any atom is 0.274 e. The molecule has 1 aliphatic rings. The van der Waals surface area contributed by atoms with Gasteiger partial charge in [-0.25, -0.2) is 4.98 Å². The Kier molecular flexibility index (Phi) is 5.39. The van der Waals surface area contributed by atoms with Gasteiger partial charge in [-0.3, -0.25) is 9.59 Å². The Morgan fingerprint density at radius 1 is 1.44 bits per heavy atom. The number of aryl methyl sites for hydroxylation is 1. The first-order chi connectivity index (χ1) is 12.0. The summed E-state index contributed by atoms with van der Waals surface area (Å²) < 4.78 is 0. The van der Waals surface area contributed by atoms with Gasteiger partial charge in [-0.2, -0.15) is 0 Å². The molecule has 0 spiro atoms. The van der Waals surface area contributed by atoms with Crippen LogP contribution in [0, 0.1) is 0 Å². The first kappa shape index (κ1) is 17.9. The lowest BCUT2D eigenvalue weighted by molar-refractivity contribution is -0.121. The second kappa shape index (κ2) is 7.54. The summed E-state index contributed by atoms with van der Waals surface area (Å²) in [6.45, 7) is 4.52. The highest BCUT2D eigenvalue weighted by Gasteiger charge is 2.34. The number of carbonyl (C=O) groups excluding carboxylic acids is 2. The molecule has 1 aliphatic heterocycles. The van der Waals surface area contributed by atoms with Crippen LogP contribution in [0.1, 0.15) is 35.8 Å². The Balaban J connectivity index is 1.75. The van der Waals surface area contributed by atoms with Crippen LogP contribution < -0.4 is 4.90 Å². The van der Waals surface area contributed by atoms with Gasteiger partial charge in [0.25, 0.3) is 5.91 Å². The van der Waals surface area contributed by atoms with Crippen molar-refractivity contribution in [2.24, 2.45) is 0 Å². The SMILES string of the molecule is CCCc1nc(C(=O)N2CC(=O)N(c3cccc(Cl)c3)CC2C)cs1. The fraction of sp³-hybridized carbons (Fsp3) is 0.389. The molecule has 1 saturated heterocycles. The predicted molar refractivity (Wildman–Crippen MR) is 100 cm³/mol. The van der Waals surface area contributed by atoms with Crippen LogP contribution in [0.3, 0.4) is 0 Å². The second-order valence-electron chi connectivity index (χ2n) is 6.14. The largest absolute Gasteiger partial charge is 0.323 e. The Morgan fingerprint density at radius 3 is 2.96 bits per heavy atom. The molecule has 2 aromatic rings. The highest BCUT2D eigenvalue weighted by molar-refractivity contribution is 7.09. The number of benzene rings is 1. The van der Waals surface area contributed by atoms with E-state index in [0.29, 0.717) is 17.3 Å². The fourth-order valence-electron chi connectivity index (χ4n) is 2.90. The molecule has 0 aliphatic carbocycles. The monoisotopic (exact) mass is 377 g/mol. The first-order valence-corrected chi connectivity index (χ1v) is 9.56. The molecule has 0 N–H and O–H groups in total. The van der Waals surface area contributed by atoms with Crippen LogP contribution in [-0.2, 0) is 11.2 Å². The van der Waals surface area contributed by atoms with Gasteiger partial charge in [0.1, 0.15) is 12.2 Å². The molecule has 0 saturated carbocycles. The van der Waals surface area contributed by atoms with Crippen LogP contribution >= 0.6 is 22.9 Å². The van der Waals surface area contributed by atoms with Crippen LogP contribution in [0.15, 0.2) is 29.6 Å². The number of halogens is 1. The number of hydrogen-bond acceptors (Lipinski definition) is 4. The lowest BCUT2D eigenvalue weighted by Crippen LogP contribution is -2.57. The van der Waals surface area contributed by atoms with Crippen LogP contribution in [0.2, 0.25) is 5.02 Å². The van der Waals surface area contributed by atoms with Crippen molar-refractivity contribution in [1.29, 1.82) is 0 Å². The van der Waals surface area contributed by atoms with E-state index >= 15 is 0 Å². The van der Waals surface area contributed by atoms with Gasteiger partial charge in [-0.1, -0.05) is 24.6 Å². The summed E-state index contributed by atoms with van der Waals surface area (Å²) in [5.74, 6) is -0.289. The standard InChI is InChI=1S/C18H20ClN3O2S/c1-3-5-16-20-15(11-25-16)18(24)21-10-17(23)22(9-12(21)2)14-7-4-6-13(19)8-14/h4,6-8,11-12H,3,5,9-10H2,1-2H3. The lowest BCUT2D eigenvalue weighted by atomic mass is 10.1. The predicted octanol–water partition coefficient (Wildman–Crippen LogP) is 3.63. The number of piperazine rings is 1. The molecular formula is C18H20ClN3O2S. The zero-order valence-corrected chi connectivity index (χ0v) is 15.8. The van der Waals surface area contributed by atoms with Crippen LogP contribution in [0.5, 0.6) is 0 Å². The molecular weight excluding hydrogens is 358 g/mol. The van der Waals surface area contributed by atoms with Gasteiger partial charge in [0.15, 0.2) is 0 Å². The lowest BCUT2D eigenvalue weighted by Gasteiger charge is -2.39. The van der Waals surface area contributed by atoms with Crippen molar-refractivity contribution in [3.8, 4) is 0 Å². The van der Waals surface area contributed by atoms with Crippen molar-refractivity contribution in [1.82, 2.24) is 9.88 Å². The summed E-state index contributed by atoms with van der Waals surface area (Å²) in [4.78, 5) is 33.0. The van der Waals surface area contributed by atoms with E-state index in [2.05, 4.69) is 11.9 Å². The Labute approximate surface area is 156 Å². The van der Waals surface area contributed by atoms with E-state index in [9.17, 15) is 9.59 Å². The average Bonchev–Trinajstić information content (AvgIpc) is 3.05. The fourth-order valence-corrected chi connectivity index (χ4v) is 3.96. The number of amides is 2. The van der Waals surface area contributed by atoms with Crippen LogP contribution in [0.25, 0.3) is 0 Å². The van der Waals surface area contributed by atoms with Crippen LogP contribution in [0.4, 0.5) is 5.69 Å². The zero-order chi connectivity index (χ0) is 18.0. The van der Waals surface area contributed by atoms with Gasteiger partial charge in [-0.05, 0) is 38.0 Å². The van der Waals surface area contributed by atoms with Crippen molar-refractivity contribution >= 4 is 40.4 Å². The smallest absolute Gasteiger partial charge is 0.274 e. The van der Waals surface area contributed by atoms with Gasteiger partial charge in [0.05, 0.1) is 5.01 Å². The van der Waals surface area contributed by atoms with Crippen molar-refractivity contribution in [3.63, 3.8) is 0 Å². The molecule has 1 aromatic carbocycles. The zero-order valence-electron chi connectivity index (χ0n) is 14.2. The van der Waals surface area contributed by atoms with Crippen molar-refractivity contribution in [2.45, 2.75) is 32.7 Å². The van der Waals surface area contributed by atoms with Gasteiger partial charge < -0.3 is 9.80 Å². The van der Waals surface area contributed by atoms with E-state index in [-0.39, 0.29) is 24.4 Å². The molecule has 0 radical (unpaired) electrons. The molecule has 2 heterocycles. The summed E-state index contributed by atoms with van der Waals surface area (Å²) in [5, 5.41) is 3.33. The van der Waals surface area contributed by atoms with E-state index < -0.39 is 0 Å². The minimum atomic E-state index is -0.176. The Morgan fingerprint density at radius 2 is 2.24 bits per heavy atom. The topological polar surface area (TPSA) is 53.5 Å². The summed E-state index contributed by atoms with van der Waals surface area (Å²) >= 11 is 7.52. The number of anilines is 1. The number of thiazole rings is 1. The van der Waals surface area contributed by atoms with Gasteiger partial charge >= 0.3 is 0 Å². The summed E-state index contributed by atoms with van der Waals surface area (Å²) in [7, 11) is 0. The second-order valence-corrected chi connectivity index (χ2v) is 7.52. The number of rotatable bonds is 4.